The van der Waals surface area contributed by atoms with Crippen LogP contribution < -0.4 is 14.2 Å². The fraction of sp³-hybridized carbons (Fsp3) is 0.174. The highest BCUT2D eigenvalue weighted by atomic mass is 35.5. The number of benzene rings is 2. The van der Waals surface area contributed by atoms with E-state index in [1.54, 1.807) is 44.4 Å². The molecule has 3 aromatic rings. The van der Waals surface area contributed by atoms with Gasteiger partial charge in [-0.2, -0.15) is 0 Å². The zero-order valence-electron chi connectivity index (χ0n) is 16.8. The number of methoxy groups -OCH3 is 1. The van der Waals surface area contributed by atoms with Crippen LogP contribution in [0.4, 0.5) is 0 Å². The van der Waals surface area contributed by atoms with Crippen molar-refractivity contribution in [3.05, 3.63) is 75.8 Å². The molecule has 0 amide bonds. The van der Waals surface area contributed by atoms with Gasteiger partial charge in [-0.25, -0.2) is 0 Å². The number of Topliss-reactive ketones (excluding diaryl/α,β-unsaturated/α-hetero) is 1. The van der Waals surface area contributed by atoms with Crippen molar-refractivity contribution in [1.82, 2.24) is 5.16 Å². The van der Waals surface area contributed by atoms with Gasteiger partial charge in [-0.3, -0.25) is 9.59 Å². The lowest BCUT2D eigenvalue weighted by Gasteiger charge is -2.07. The van der Waals surface area contributed by atoms with Gasteiger partial charge in [0.15, 0.2) is 10.9 Å². The number of fused-ring (bicyclic) bond motifs is 1. The topological polar surface area (TPSA) is 87.9 Å². The van der Waals surface area contributed by atoms with Gasteiger partial charge in [0, 0.05) is 18.6 Å². The normalized spacial score (nSPS) is 13.8. The maximum Gasteiger partial charge on any atom is 0.311 e. The highest BCUT2D eigenvalue weighted by Gasteiger charge is 2.30. The fourth-order valence-electron chi connectivity index (χ4n) is 3.20. The molecule has 8 heteroatoms. The van der Waals surface area contributed by atoms with Gasteiger partial charge in [-0.1, -0.05) is 28.9 Å². The van der Waals surface area contributed by atoms with Crippen molar-refractivity contribution >= 4 is 29.4 Å². The quantitative estimate of drug-likeness (QED) is 0.309. The maximum absolute atomic E-state index is 12.8. The van der Waals surface area contributed by atoms with Gasteiger partial charge in [0.1, 0.15) is 23.0 Å². The van der Waals surface area contributed by atoms with Crippen LogP contribution in [0.3, 0.4) is 0 Å². The van der Waals surface area contributed by atoms with Gasteiger partial charge < -0.3 is 18.7 Å². The Kier molecular flexibility index (Phi) is 5.77. The monoisotopic (exact) mass is 439 g/mol. The van der Waals surface area contributed by atoms with Crippen LogP contribution in [0.25, 0.3) is 6.08 Å². The predicted molar refractivity (Wildman–Crippen MR) is 113 cm³/mol. The molecule has 0 aliphatic carbocycles. The second-order valence-electron chi connectivity index (χ2n) is 6.92. The van der Waals surface area contributed by atoms with E-state index in [0.717, 1.165) is 11.3 Å². The van der Waals surface area contributed by atoms with Crippen LogP contribution in [-0.4, -0.2) is 24.0 Å². The minimum absolute atomic E-state index is 0.0874. The molecule has 0 unspecified atom stereocenters. The van der Waals surface area contributed by atoms with Crippen LogP contribution in [0.2, 0.25) is 5.15 Å². The SMILES string of the molecule is COc1ccc(/C=C2\Oc3cc(OC(=O)CCc4cc(Cl)no4)cc(C)c3C2=O)cc1. The summed E-state index contributed by atoms with van der Waals surface area (Å²) in [5, 5.41) is 3.79. The van der Waals surface area contributed by atoms with Crippen LogP contribution in [0.5, 0.6) is 17.2 Å². The Morgan fingerprint density at radius 3 is 2.61 bits per heavy atom. The van der Waals surface area contributed by atoms with Crippen LogP contribution in [0.15, 0.2) is 52.7 Å². The van der Waals surface area contributed by atoms with E-state index in [2.05, 4.69) is 5.16 Å². The molecule has 1 aliphatic heterocycles. The Labute approximate surface area is 183 Å². The molecule has 0 atom stereocenters. The molecule has 1 aliphatic rings. The largest absolute Gasteiger partial charge is 0.497 e. The summed E-state index contributed by atoms with van der Waals surface area (Å²) in [7, 11) is 1.59. The Bertz CT molecular complexity index is 1180. The number of hydrogen-bond donors (Lipinski definition) is 0. The van der Waals surface area contributed by atoms with Gasteiger partial charge in [-0.15, -0.1) is 0 Å². The van der Waals surface area contributed by atoms with Gasteiger partial charge in [0.2, 0.25) is 5.78 Å². The van der Waals surface area contributed by atoms with Crippen molar-refractivity contribution < 1.29 is 28.3 Å². The minimum Gasteiger partial charge on any atom is -0.497 e. The number of rotatable bonds is 6. The summed E-state index contributed by atoms with van der Waals surface area (Å²) in [6.07, 6.45) is 2.06. The number of carbonyl (C=O) groups is 2. The Hall–Kier alpha value is -3.58. The number of carbonyl (C=O) groups excluding carboxylic acids is 2. The van der Waals surface area contributed by atoms with Gasteiger partial charge in [0.05, 0.1) is 19.1 Å². The molecular weight excluding hydrogens is 422 g/mol. The number of esters is 1. The summed E-state index contributed by atoms with van der Waals surface area (Å²) >= 11 is 5.69. The summed E-state index contributed by atoms with van der Waals surface area (Å²) in [5.41, 5.74) is 1.91. The molecule has 0 saturated heterocycles. The molecule has 0 N–H and O–H groups in total. The maximum atomic E-state index is 12.8. The third-order valence-electron chi connectivity index (χ3n) is 4.69. The number of aromatic nitrogens is 1. The third-order valence-corrected chi connectivity index (χ3v) is 4.87. The van der Waals surface area contributed by atoms with Crippen LogP contribution in [-0.2, 0) is 11.2 Å². The smallest absolute Gasteiger partial charge is 0.311 e. The van der Waals surface area contributed by atoms with Crippen LogP contribution in [0.1, 0.15) is 33.7 Å². The average Bonchev–Trinajstić information content (AvgIpc) is 3.30. The minimum atomic E-state index is -0.454. The van der Waals surface area contributed by atoms with E-state index in [4.69, 9.17) is 30.3 Å². The Morgan fingerprint density at radius 1 is 1.16 bits per heavy atom. The molecule has 7 nitrogen and oxygen atoms in total. The zero-order valence-corrected chi connectivity index (χ0v) is 17.6. The van der Waals surface area contributed by atoms with E-state index in [1.165, 1.54) is 6.07 Å². The fourth-order valence-corrected chi connectivity index (χ4v) is 3.36. The average molecular weight is 440 g/mol. The molecule has 2 heterocycles. The van der Waals surface area contributed by atoms with E-state index in [0.29, 0.717) is 34.8 Å². The highest BCUT2D eigenvalue weighted by Crippen LogP contribution is 2.37. The van der Waals surface area contributed by atoms with E-state index >= 15 is 0 Å². The molecule has 1 aromatic heterocycles. The molecular formula is C23H18ClNO6. The molecule has 2 aromatic carbocycles. The number of hydrogen-bond acceptors (Lipinski definition) is 7. The molecule has 31 heavy (non-hydrogen) atoms. The summed E-state index contributed by atoms with van der Waals surface area (Å²) in [4.78, 5) is 25.0. The Balaban J connectivity index is 1.47. The summed E-state index contributed by atoms with van der Waals surface area (Å²) in [5.74, 6) is 1.40. The number of allylic oxidation sites excluding steroid dienone is 1. The van der Waals surface area contributed by atoms with Crippen molar-refractivity contribution in [2.24, 2.45) is 0 Å². The molecule has 0 spiro atoms. The lowest BCUT2D eigenvalue weighted by atomic mass is 10.0. The van der Waals surface area contributed by atoms with Crippen molar-refractivity contribution in [3.8, 4) is 17.2 Å². The first-order valence-corrected chi connectivity index (χ1v) is 9.85. The number of aryl methyl sites for hydroxylation is 2. The Morgan fingerprint density at radius 2 is 1.94 bits per heavy atom. The van der Waals surface area contributed by atoms with E-state index in [1.807, 2.05) is 12.1 Å². The van der Waals surface area contributed by atoms with Crippen molar-refractivity contribution in [3.63, 3.8) is 0 Å². The first-order chi connectivity index (χ1) is 14.9. The van der Waals surface area contributed by atoms with E-state index in [-0.39, 0.29) is 23.1 Å². The predicted octanol–water partition coefficient (Wildman–Crippen LogP) is 4.80. The second kappa shape index (κ2) is 8.65. The number of nitrogens with zero attached hydrogens (tertiary/aromatic N) is 1. The van der Waals surface area contributed by atoms with Gasteiger partial charge in [-0.05, 0) is 42.3 Å². The molecule has 158 valence electrons. The lowest BCUT2D eigenvalue weighted by molar-refractivity contribution is -0.134. The second-order valence-corrected chi connectivity index (χ2v) is 7.30. The molecule has 0 radical (unpaired) electrons. The number of ether oxygens (including phenoxy) is 3. The van der Waals surface area contributed by atoms with Crippen LogP contribution >= 0.6 is 11.6 Å². The van der Waals surface area contributed by atoms with E-state index < -0.39 is 5.97 Å². The summed E-state index contributed by atoms with van der Waals surface area (Å²) in [6, 6.07) is 12.0. The lowest BCUT2D eigenvalue weighted by Crippen LogP contribution is -2.09. The molecule has 4 rings (SSSR count). The van der Waals surface area contributed by atoms with E-state index in [9.17, 15) is 9.59 Å². The third kappa shape index (κ3) is 4.62. The number of halogens is 1. The first-order valence-electron chi connectivity index (χ1n) is 9.47. The molecule has 0 bridgehead atoms. The van der Waals surface area contributed by atoms with Crippen LogP contribution in [0, 0.1) is 6.92 Å². The molecule has 0 fully saturated rings. The van der Waals surface area contributed by atoms with Crippen molar-refractivity contribution in [2.75, 3.05) is 7.11 Å². The van der Waals surface area contributed by atoms with Crippen molar-refractivity contribution in [2.45, 2.75) is 19.8 Å². The summed E-state index contributed by atoms with van der Waals surface area (Å²) < 4.78 is 21.3. The standard InChI is InChI=1S/C23H18ClNO6/c1-13-9-17(29-21(26)8-7-16-12-20(24)25-31-16)11-18-22(13)23(27)19(30-18)10-14-3-5-15(28-2)6-4-14/h3-6,9-12H,7-8H2,1-2H3/b19-10-. The van der Waals surface area contributed by atoms with Gasteiger partial charge in [0.25, 0.3) is 0 Å². The molecule has 0 saturated carbocycles. The zero-order chi connectivity index (χ0) is 22.0. The summed E-state index contributed by atoms with van der Waals surface area (Å²) in [6.45, 7) is 1.77. The van der Waals surface area contributed by atoms with Crippen molar-refractivity contribution in [1.29, 1.82) is 0 Å². The highest BCUT2D eigenvalue weighted by molar-refractivity contribution is 6.29. The first kappa shape index (κ1) is 20.7. The van der Waals surface area contributed by atoms with Gasteiger partial charge >= 0.3 is 5.97 Å². The number of ketones is 1.